The molecule has 3 heteroatoms. The van der Waals surface area contributed by atoms with Crippen LogP contribution in [0.5, 0.6) is 0 Å². The Morgan fingerprint density at radius 2 is 2.30 bits per heavy atom. The molecule has 1 N–H and O–H groups in total. The average molecular weight is 156 g/mol. The van der Waals surface area contributed by atoms with Crippen molar-refractivity contribution in [2.45, 2.75) is 6.42 Å². The summed E-state index contributed by atoms with van der Waals surface area (Å²) in [5.41, 5.74) is 0.887. The van der Waals surface area contributed by atoms with E-state index >= 15 is 0 Å². The van der Waals surface area contributed by atoms with Crippen LogP contribution in [0.3, 0.4) is 0 Å². The topological polar surface area (TPSA) is 24.1 Å². The van der Waals surface area contributed by atoms with Gasteiger partial charge in [0.25, 0.3) is 0 Å². The lowest BCUT2D eigenvalue weighted by atomic mass is 10.3. The van der Waals surface area contributed by atoms with Gasteiger partial charge in [0, 0.05) is 29.0 Å². The predicted molar refractivity (Wildman–Crippen MR) is 41.4 cm³/mol. The standard InChI is InChI=1S/C7H9NOS/c9-8-5-2-1-3-7(8)4-6-10/h1-3,5H,4,6H2,(H-,9,10)/p+1. The molecule has 0 saturated carbocycles. The van der Waals surface area contributed by atoms with Gasteiger partial charge < -0.3 is 0 Å². The van der Waals surface area contributed by atoms with Crippen molar-refractivity contribution in [1.29, 1.82) is 0 Å². The Hall–Kier alpha value is -0.700. The van der Waals surface area contributed by atoms with Gasteiger partial charge >= 0.3 is 0 Å². The van der Waals surface area contributed by atoms with Gasteiger partial charge in [-0.15, -0.1) is 0 Å². The van der Waals surface area contributed by atoms with Crippen LogP contribution >= 0.6 is 12.6 Å². The Balaban J connectivity index is 2.81. The second kappa shape index (κ2) is 3.46. The van der Waals surface area contributed by atoms with Crippen LogP contribution in [0.15, 0.2) is 24.4 Å². The maximum atomic E-state index is 9.12. The number of aromatic nitrogens is 1. The van der Waals surface area contributed by atoms with E-state index in [2.05, 4.69) is 12.6 Å². The smallest absolute Gasteiger partial charge is 0.234 e. The van der Waals surface area contributed by atoms with Gasteiger partial charge in [-0.1, -0.05) is 0 Å². The average Bonchev–Trinajstić information content (AvgIpc) is 1.94. The van der Waals surface area contributed by atoms with Crippen LogP contribution in [0.4, 0.5) is 0 Å². The minimum absolute atomic E-state index is 0.755. The molecule has 0 saturated heterocycles. The number of aryl methyl sites for hydroxylation is 1. The number of pyridine rings is 1. The van der Waals surface area contributed by atoms with E-state index in [0.717, 1.165) is 22.6 Å². The Kier molecular flexibility index (Phi) is 2.57. The summed E-state index contributed by atoms with van der Waals surface area (Å²) in [7, 11) is 0. The summed E-state index contributed by atoms with van der Waals surface area (Å²) in [4.78, 5) is 0. The van der Waals surface area contributed by atoms with Crippen LogP contribution in [-0.4, -0.2) is 11.0 Å². The normalized spacial score (nSPS) is 9.70. The molecule has 0 aliphatic heterocycles. The Bertz CT molecular complexity index is 215. The van der Waals surface area contributed by atoms with E-state index in [-0.39, 0.29) is 0 Å². The second-order valence-electron chi connectivity index (χ2n) is 2.01. The molecule has 0 radical (unpaired) electrons. The first-order valence-corrected chi connectivity index (χ1v) is 3.77. The summed E-state index contributed by atoms with van der Waals surface area (Å²) in [5, 5.41) is 9.12. The third-order valence-electron chi connectivity index (χ3n) is 1.29. The van der Waals surface area contributed by atoms with E-state index in [9.17, 15) is 0 Å². The third kappa shape index (κ3) is 1.64. The lowest BCUT2D eigenvalue weighted by molar-refractivity contribution is -0.909. The first-order chi connectivity index (χ1) is 4.84. The van der Waals surface area contributed by atoms with Gasteiger partial charge in [0.15, 0.2) is 0 Å². The van der Waals surface area contributed by atoms with Gasteiger partial charge in [-0.05, 0) is 6.07 Å². The van der Waals surface area contributed by atoms with E-state index in [1.807, 2.05) is 12.1 Å². The minimum Gasteiger partial charge on any atom is -0.285 e. The SMILES string of the molecule is O[n+]1ccccc1CCS. The zero-order valence-electron chi connectivity index (χ0n) is 5.57. The van der Waals surface area contributed by atoms with Crippen molar-refractivity contribution in [2.75, 3.05) is 5.75 Å². The molecular weight excluding hydrogens is 146 g/mol. The molecule has 0 bridgehead atoms. The molecule has 1 aromatic heterocycles. The summed E-state index contributed by atoms with van der Waals surface area (Å²) < 4.78 is 1.12. The van der Waals surface area contributed by atoms with E-state index in [0.29, 0.717) is 0 Å². The van der Waals surface area contributed by atoms with Crippen molar-refractivity contribution in [2.24, 2.45) is 0 Å². The molecule has 0 spiro atoms. The molecule has 0 aliphatic carbocycles. The van der Waals surface area contributed by atoms with Gasteiger partial charge in [0.05, 0.1) is 0 Å². The molecule has 0 aromatic carbocycles. The minimum atomic E-state index is 0.755. The molecule has 54 valence electrons. The molecule has 1 heterocycles. The van der Waals surface area contributed by atoms with Crippen molar-refractivity contribution in [3.05, 3.63) is 30.1 Å². The number of hydrogen-bond donors (Lipinski definition) is 2. The molecule has 0 unspecified atom stereocenters. The molecule has 0 aliphatic rings. The van der Waals surface area contributed by atoms with Crippen molar-refractivity contribution in [3.8, 4) is 0 Å². The summed E-state index contributed by atoms with van der Waals surface area (Å²) in [6.45, 7) is 0. The molecule has 1 rings (SSSR count). The fraction of sp³-hybridized carbons (Fsp3) is 0.286. The van der Waals surface area contributed by atoms with Crippen molar-refractivity contribution in [1.82, 2.24) is 0 Å². The predicted octanol–water partition coefficient (Wildman–Crippen LogP) is 0.684. The van der Waals surface area contributed by atoms with Crippen LogP contribution in [0, 0.1) is 0 Å². The highest BCUT2D eigenvalue weighted by Crippen LogP contribution is 1.92. The highest BCUT2D eigenvalue weighted by molar-refractivity contribution is 7.80. The summed E-state index contributed by atoms with van der Waals surface area (Å²) in [6, 6.07) is 5.55. The highest BCUT2D eigenvalue weighted by atomic mass is 32.1. The maximum absolute atomic E-state index is 9.12. The molecule has 0 amide bonds. The van der Waals surface area contributed by atoms with E-state index in [1.54, 1.807) is 12.3 Å². The highest BCUT2D eigenvalue weighted by Gasteiger charge is 2.04. The van der Waals surface area contributed by atoms with E-state index in [4.69, 9.17) is 5.21 Å². The van der Waals surface area contributed by atoms with Crippen molar-refractivity contribution in [3.63, 3.8) is 0 Å². The summed E-state index contributed by atoms with van der Waals surface area (Å²) in [5.74, 6) is 0.755. The summed E-state index contributed by atoms with van der Waals surface area (Å²) >= 11 is 4.05. The molecule has 0 fully saturated rings. The molecule has 0 atom stereocenters. The van der Waals surface area contributed by atoms with Gasteiger partial charge in [-0.2, -0.15) is 12.6 Å². The quantitative estimate of drug-likeness (QED) is 0.367. The summed E-state index contributed by atoms with van der Waals surface area (Å²) in [6.07, 6.45) is 2.40. The van der Waals surface area contributed by atoms with Crippen LogP contribution in [0.1, 0.15) is 5.69 Å². The van der Waals surface area contributed by atoms with Crippen LogP contribution in [0.25, 0.3) is 0 Å². The zero-order chi connectivity index (χ0) is 7.40. The van der Waals surface area contributed by atoms with Gasteiger partial charge in [-0.3, -0.25) is 5.21 Å². The fourth-order valence-corrected chi connectivity index (χ4v) is 1.01. The first-order valence-electron chi connectivity index (χ1n) is 3.14. The molecular formula is C7H10NOS+. The van der Waals surface area contributed by atoms with Crippen molar-refractivity contribution >= 4 is 12.6 Å². The number of hydrogen-bond acceptors (Lipinski definition) is 2. The van der Waals surface area contributed by atoms with E-state index in [1.165, 1.54) is 0 Å². The Morgan fingerprint density at radius 1 is 1.50 bits per heavy atom. The number of nitrogens with zero attached hydrogens (tertiary/aromatic N) is 1. The van der Waals surface area contributed by atoms with Gasteiger partial charge in [0.1, 0.15) is 0 Å². The van der Waals surface area contributed by atoms with Crippen molar-refractivity contribution < 1.29 is 9.94 Å². The molecule has 10 heavy (non-hydrogen) atoms. The maximum Gasteiger partial charge on any atom is 0.234 e. The first kappa shape index (κ1) is 7.41. The fourth-order valence-electron chi connectivity index (χ4n) is 0.782. The lowest BCUT2D eigenvalue weighted by Crippen LogP contribution is -2.34. The number of thiol groups is 1. The second-order valence-corrected chi connectivity index (χ2v) is 2.46. The molecule has 1 aromatic rings. The van der Waals surface area contributed by atoms with Crippen LogP contribution in [0.2, 0.25) is 0 Å². The zero-order valence-corrected chi connectivity index (χ0v) is 6.46. The number of rotatable bonds is 2. The molecule has 2 nitrogen and oxygen atoms in total. The van der Waals surface area contributed by atoms with Crippen LogP contribution in [-0.2, 0) is 6.42 Å². The monoisotopic (exact) mass is 156 g/mol. The largest absolute Gasteiger partial charge is 0.285 e. The Morgan fingerprint density at radius 3 is 2.90 bits per heavy atom. The third-order valence-corrected chi connectivity index (χ3v) is 1.51. The van der Waals surface area contributed by atoms with Gasteiger partial charge in [-0.25, -0.2) is 0 Å². The van der Waals surface area contributed by atoms with Gasteiger partial charge in [0.2, 0.25) is 11.9 Å². The Labute approximate surface area is 65.5 Å². The van der Waals surface area contributed by atoms with E-state index < -0.39 is 0 Å². The lowest BCUT2D eigenvalue weighted by Gasteiger charge is -1.90. The van der Waals surface area contributed by atoms with Crippen LogP contribution < -0.4 is 4.73 Å².